The summed E-state index contributed by atoms with van der Waals surface area (Å²) in [7, 11) is 0. The quantitative estimate of drug-likeness (QED) is 0.617. The Morgan fingerprint density at radius 3 is 2.20 bits per heavy atom. The molecule has 0 aromatic heterocycles. The van der Waals surface area contributed by atoms with E-state index in [-0.39, 0.29) is 12.0 Å². The zero-order valence-corrected chi connectivity index (χ0v) is 11.5. The van der Waals surface area contributed by atoms with Crippen LogP contribution in [0.15, 0.2) is 48.5 Å². The van der Waals surface area contributed by atoms with Crippen LogP contribution in [0.2, 0.25) is 0 Å². The molecule has 2 aromatic rings. The van der Waals surface area contributed by atoms with Crippen LogP contribution in [-0.2, 0) is 6.42 Å². The smallest absolute Gasteiger partial charge is 0.0316 e. The Balaban J connectivity index is 2.13. The SMILES string of the molecule is NCC(c1ccc(N)cc1)C(N)Cc1cccc(N)c1. The van der Waals surface area contributed by atoms with Gasteiger partial charge in [-0.2, -0.15) is 0 Å². The molecular formula is C16H22N4. The first-order valence-corrected chi connectivity index (χ1v) is 6.75. The molecule has 0 fully saturated rings. The number of anilines is 2. The third kappa shape index (κ3) is 3.50. The predicted molar refractivity (Wildman–Crippen MR) is 85.2 cm³/mol. The fourth-order valence-corrected chi connectivity index (χ4v) is 2.44. The lowest BCUT2D eigenvalue weighted by Gasteiger charge is -2.23. The Hall–Kier alpha value is -2.04. The van der Waals surface area contributed by atoms with E-state index in [1.54, 1.807) is 0 Å². The first-order valence-electron chi connectivity index (χ1n) is 6.75. The monoisotopic (exact) mass is 270 g/mol. The van der Waals surface area contributed by atoms with Crippen molar-refractivity contribution in [3.8, 4) is 0 Å². The van der Waals surface area contributed by atoms with Crippen LogP contribution < -0.4 is 22.9 Å². The Labute approximate surface area is 119 Å². The standard InChI is InChI=1S/C16H22N4/c17-10-15(12-4-6-13(18)7-5-12)16(20)9-11-2-1-3-14(19)8-11/h1-8,15-16H,9-10,17-20H2. The van der Waals surface area contributed by atoms with Crippen molar-refractivity contribution in [3.05, 3.63) is 59.7 Å². The van der Waals surface area contributed by atoms with Crippen LogP contribution in [0.5, 0.6) is 0 Å². The van der Waals surface area contributed by atoms with E-state index in [2.05, 4.69) is 0 Å². The van der Waals surface area contributed by atoms with Gasteiger partial charge in [0.15, 0.2) is 0 Å². The van der Waals surface area contributed by atoms with Gasteiger partial charge in [-0.05, 0) is 41.8 Å². The van der Waals surface area contributed by atoms with E-state index in [1.807, 2.05) is 48.5 Å². The van der Waals surface area contributed by atoms with Gasteiger partial charge in [-0.3, -0.25) is 0 Å². The van der Waals surface area contributed by atoms with Gasteiger partial charge >= 0.3 is 0 Å². The van der Waals surface area contributed by atoms with Gasteiger partial charge in [0.2, 0.25) is 0 Å². The van der Waals surface area contributed by atoms with Gasteiger partial charge in [0.05, 0.1) is 0 Å². The van der Waals surface area contributed by atoms with E-state index in [4.69, 9.17) is 22.9 Å². The summed E-state index contributed by atoms with van der Waals surface area (Å²) < 4.78 is 0. The highest BCUT2D eigenvalue weighted by Crippen LogP contribution is 2.22. The van der Waals surface area contributed by atoms with Gasteiger partial charge < -0.3 is 22.9 Å². The number of hydrogen-bond donors (Lipinski definition) is 4. The van der Waals surface area contributed by atoms with Crippen molar-refractivity contribution in [1.82, 2.24) is 0 Å². The van der Waals surface area contributed by atoms with Crippen LogP contribution in [0.3, 0.4) is 0 Å². The molecule has 2 rings (SSSR count). The maximum Gasteiger partial charge on any atom is 0.0316 e. The Morgan fingerprint density at radius 2 is 1.60 bits per heavy atom. The molecule has 2 atom stereocenters. The van der Waals surface area contributed by atoms with E-state index in [1.165, 1.54) is 0 Å². The first kappa shape index (κ1) is 14.4. The molecule has 0 aliphatic rings. The van der Waals surface area contributed by atoms with Crippen LogP contribution >= 0.6 is 0 Å². The molecule has 2 unspecified atom stereocenters. The largest absolute Gasteiger partial charge is 0.399 e. The molecule has 4 nitrogen and oxygen atoms in total. The Morgan fingerprint density at radius 1 is 0.900 bits per heavy atom. The summed E-state index contributed by atoms with van der Waals surface area (Å²) in [5.74, 6) is 0.108. The fourth-order valence-electron chi connectivity index (χ4n) is 2.44. The minimum atomic E-state index is -0.0505. The zero-order chi connectivity index (χ0) is 14.5. The van der Waals surface area contributed by atoms with Crippen molar-refractivity contribution in [2.75, 3.05) is 18.0 Å². The summed E-state index contributed by atoms with van der Waals surface area (Å²) in [5, 5.41) is 0. The average molecular weight is 270 g/mol. The summed E-state index contributed by atoms with van der Waals surface area (Å²) in [4.78, 5) is 0. The number of hydrogen-bond acceptors (Lipinski definition) is 4. The van der Waals surface area contributed by atoms with Crippen molar-refractivity contribution >= 4 is 11.4 Å². The zero-order valence-electron chi connectivity index (χ0n) is 11.5. The van der Waals surface area contributed by atoms with E-state index in [0.29, 0.717) is 6.54 Å². The lowest BCUT2D eigenvalue weighted by molar-refractivity contribution is 0.535. The van der Waals surface area contributed by atoms with E-state index < -0.39 is 0 Å². The Bertz CT molecular complexity index is 551. The highest BCUT2D eigenvalue weighted by Gasteiger charge is 2.18. The van der Waals surface area contributed by atoms with E-state index in [9.17, 15) is 0 Å². The van der Waals surface area contributed by atoms with Gasteiger partial charge in [0.1, 0.15) is 0 Å². The summed E-state index contributed by atoms with van der Waals surface area (Å²) in [6.07, 6.45) is 0.747. The predicted octanol–water partition coefficient (Wildman–Crippen LogP) is 1.46. The van der Waals surface area contributed by atoms with Crippen molar-refractivity contribution in [2.24, 2.45) is 11.5 Å². The van der Waals surface area contributed by atoms with Crippen LogP contribution in [0, 0.1) is 0 Å². The molecule has 4 heteroatoms. The summed E-state index contributed by atoms with van der Waals surface area (Å²) in [5.41, 5.74) is 27.5. The van der Waals surface area contributed by atoms with Gasteiger partial charge in [0.25, 0.3) is 0 Å². The van der Waals surface area contributed by atoms with Gasteiger partial charge in [-0.15, -0.1) is 0 Å². The molecule has 0 radical (unpaired) electrons. The molecule has 106 valence electrons. The molecule has 20 heavy (non-hydrogen) atoms. The molecule has 0 amide bonds. The van der Waals surface area contributed by atoms with Crippen LogP contribution in [-0.4, -0.2) is 12.6 Å². The third-order valence-electron chi connectivity index (χ3n) is 3.56. The maximum atomic E-state index is 6.33. The number of benzene rings is 2. The van der Waals surface area contributed by atoms with Crippen molar-refractivity contribution < 1.29 is 0 Å². The van der Waals surface area contributed by atoms with Gasteiger partial charge in [0, 0.05) is 29.9 Å². The minimum Gasteiger partial charge on any atom is -0.399 e. The summed E-state index contributed by atoms with van der Waals surface area (Å²) in [6, 6.07) is 15.5. The topological polar surface area (TPSA) is 104 Å². The second-order valence-electron chi connectivity index (χ2n) is 5.12. The number of nitrogens with two attached hydrogens (primary N) is 4. The van der Waals surface area contributed by atoms with Crippen LogP contribution in [0.25, 0.3) is 0 Å². The van der Waals surface area contributed by atoms with Crippen molar-refractivity contribution in [2.45, 2.75) is 18.4 Å². The molecule has 0 bridgehead atoms. The third-order valence-corrected chi connectivity index (χ3v) is 3.56. The molecule has 0 saturated heterocycles. The van der Waals surface area contributed by atoms with E-state index in [0.717, 1.165) is 28.9 Å². The lowest BCUT2D eigenvalue weighted by atomic mass is 9.88. The normalized spacial score (nSPS) is 13.9. The summed E-state index contributed by atoms with van der Waals surface area (Å²) >= 11 is 0. The van der Waals surface area contributed by atoms with Gasteiger partial charge in [-0.25, -0.2) is 0 Å². The van der Waals surface area contributed by atoms with Crippen LogP contribution in [0.1, 0.15) is 17.0 Å². The van der Waals surface area contributed by atoms with Crippen LogP contribution in [0.4, 0.5) is 11.4 Å². The molecule has 0 aliphatic heterocycles. The summed E-state index contributed by atoms with van der Waals surface area (Å²) in [6.45, 7) is 0.507. The second kappa shape index (κ2) is 6.41. The molecule has 8 N–H and O–H groups in total. The highest BCUT2D eigenvalue weighted by atomic mass is 14.7. The number of rotatable bonds is 5. The number of nitrogen functional groups attached to an aromatic ring is 2. The van der Waals surface area contributed by atoms with Gasteiger partial charge in [-0.1, -0.05) is 24.3 Å². The fraction of sp³-hybridized carbons (Fsp3) is 0.250. The molecule has 0 spiro atoms. The molecule has 0 aliphatic carbocycles. The van der Waals surface area contributed by atoms with Crippen molar-refractivity contribution in [1.29, 1.82) is 0 Å². The first-order chi connectivity index (χ1) is 9.60. The molecular weight excluding hydrogens is 248 g/mol. The Kier molecular flexibility index (Phi) is 4.61. The maximum absolute atomic E-state index is 6.33. The molecule has 0 heterocycles. The lowest BCUT2D eigenvalue weighted by Crippen LogP contribution is -2.35. The second-order valence-corrected chi connectivity index (χ2v) is 5.12. The van der Waals surface area contributed by atoms with Crippen molar-refractivity contribution in [3.63, 3.8) is 0 Å². The minimum absolute atomic E-state index is 0.0505. The molecule has 0 saturated carbocycles. The van der Waals surface area contributed by atoms with E-state index >= 15 is 0 Å². The molecule has 2 aromatic carbocycles. The average Bonchev–Trinajstić information content (AvgIpc) is 2.42. The highest BCUT2D eigenvalue weighted by molar-refractivity contribution is 5.42.